The minimum Gasteiger partial charge on any atom is -0.399 e. The molecular weight excluding hydrogens is 286 g/mol. The van der Waals surface area contributed by atoms with Crippen LogP contribution in [0.3, 0.4) is 0 Å². The smallest absolute Gasteiger partial charge is 0.224 e. The lowest BCUT2D eigenvalue weighted by Crippen LogP contribution is -2.21. The van der Waals surface area contributed by atoms with Crippen LogP contribution >= 0.6 is 0 Å². The highest BCUT2D eigenvalue weighted by Gasteiger charge is 2.05. The summed E-state index contributed by atoms with van der Waals surface area (Å²) in [7, 11) is 0. The number of nitrogens with zero attached hydrogens (tertiary/aromatic N) is 1. The number of anilines is 3. The van der Waals surface area contributed by atoms with E-state index in [2.05, 4.69) is 24.1 Å². The molecule has 0 aliphatic rings. The molecule has 0 saturated carbocycles. The van der Waals surface area contributed by atoms with Crippen molar-refractivity contribution in [3.8, 4) is 0 Å². The number of aryl methyl sites for hydroxylation is 1. The van der Waals surface area contributed by atoms with E-state index in [0.717, 1.165) is 30.0 Å². The molecule has 4 heteroatoms. The van der Waals surface area contributed by atoms with E-state index < -0.39 is 0 Å². The van der Waals surface area contributed by atoms with Crippen LogP contribution in [0.15, 0.2) is 48.5 Å². The lowest BCUT2D eigenvalue weighted by molar-refractivity contribution is -0.116. The van der Waals surface area contributed by atoms with Gasteiger partial charge in [-0.25, -0.2) is 0 Å². The zero-order chi connectivity index (χ0) is 16.7. The van der Waals surface area contributed by atoms with Crippen molar-refractivity contribution < 1.29 is 4.79 Å². The van der Waals surface area contributed by atoms with E-state index in [4.69, 9.17) is 5.73 Å². The lowest BCUT2D eigenvalue weighted by atomic mass is 10.1. The van der Waals surface area contributed by atoms with Gasteiger partial charge in [-0.3, -0.25) is 4.79 Å². The average molecular weight is 311 g/mol. The highest BCUT2D eigenvalue weighted by molar-refractivity contribution is 5.91. The van der Waals surface area contributed by atoms with Crippen molar-refractivity contribution in [1.29, 1.82) is 0 Å². The number of nitrogens with two attached hydrogens (primary N) is 1. The van der Waals surface area contributed by atoms with Crippen LogP contribution < -0.4 is 16.0 Å². The zero-order valence-electron chi connectivity index (χ0n) is 13.9. The van der Waals surface area contributed by atoms with Gasteiger partial charge in [0.2, 0.25) is 5.91 Å². The lowest BCUT2D eigenvalue weighted by Gasteiger charge is -2.21. The molecule has 0 aromatic heterocycles. The second kappa shape index (κ2) is 8.22. The number of carbonyl (C=O) groups is 1. The molecule has 0 aliphatic heterocycles. The van der Waals surface area contributed by atoms with Crippen molar-refractivity contribution in [1.82, 2.24) is 0 Å². The third-order valence-corrected chi connectivity index (χ3v) is 3.90. The van der Waals surface area contributed by atoms with Crippen LogP contribution in [-0.2, 0) is 11.2 Å². The van der Waals surface area contributed by atoms with Gasteiger partial charge in [-0.05, 0) is 62.2 Å². The highest BCUT2D eigenvalue weighted by atomic mass is 16.1. The van der Waals surface area contributed by atoms with Crippen molar-refractivity contribution in [2.75, 3.05) is 29.0 Å². The number of nitrogen functional groups attached to an aromatic ring is 1. The minimum atomic E-state index is 0.0254. The van der Waals surface area contributed by atoms with E-state index in [1.165, 1.54) is 5.69 Å². The molecule has 3 N–H and O–H groups in total. The first-order chi connectivity index (χ1) is 11.1. The van der Waals surface area contributed by atoms with Crippen molar-refractivity contribution in [2.24, 2.45) is 0 Å². The maximum atomic E-state index is 12.0. The SMILES string of the molecule is CCN(CC)c1ccc(NC(=O)CCc2ccc(N)cc2)cc1. The number of rotatable bonds is 7. The highest BCUT2D eigenvalue weighted by Crippen LogP contribution is 2.18. The van der Waals surface area contributed by atoms with Gasteiger partial charge in [-0.15, -0.1) is 0 Å². The van der Waals surface area contributed by atoms with Crippen LogP contribution in [0.5, 0.6) is 0 Å². The average Bonchev–Trinajstić information content (AvgIpc) is 2.57. The molecule has 0 fully saturated rings. The van der Waals surface area contributed by atoms with Crippen LogP contribution in [0.1, 0.15) is 25.8 Å². The summed E-state index contributed by atoms with van der Waals surface area (Å²) in [5.74, 6) is 0.0254. The molecule has 0 bridgehead atoms. The van der Waals surface area contributed by atoms with Crippen molar-refractivity contribution in [3.63, 3.8) is 0 Å². The summed E-state index contributed by atoms with van der Waals surface area (Å²) in [6, 6.07) is 15.6. The molecule has 0 saturated heterocycles. The Morgan fingerprint density at radius 3 is 2.17 bits per heavy atom. The Balaban J connectivity index is 1.86. The molecule has 122 valence electrons. The minimum absolute atomic E-state index is 0.0254. The summed E-state index contributed by atoms with van der Waals surface area (Å²) in [6.07, 6.45) is 1.17. The molecule has 23 heavy (non-hydrogen) atoms. The summed E-state index contributed by atoms with van der Waals surface area (Å²) in [4.78, 5) is 14.3. The van der Waals surface area contributed by atoms with Crippen LogP contribution in [0, 0.1) is 0 Å². The summed E-state index contributed by atoms with van der Waals surface area (Å²) in [5.41, 5.74) is 9.53. The van der Waals surface area contributed by atoms with Crippen LogP contribution in [-0.4, -0.2) is 19.0 Å². The van der Waals surface area contributed by atoms with Gasteiger partial charge in [0, 0.05) is 36.6 Å². The second-order valence-electron chi connectivity index (χ2n) is 5.51. The van der Waals surface area contributed by atoms with Gasteiger partial charge in [0.1, 0.15) is 0 Å². The molecular formula is C19H25N3O. The zero-order valence-corrected chi connectivity index (χ0v) is 13.9. The normalized spacial score (nSPS) is 10.3. The van der Waals surface area contributed by atoms with E-state index in [9.17, 15) is 4.79 Å². The Morgan fingerprint density at radius 2 is 1.61 bits per heavy atom. The van der Waals surface area contributed by atoms with Gasteiger partial charge >= 0.3 is 0 Å². The molecule has 0 unspecified atom stereocenters. The molecule has 4 nitrogen and oxygen atoms in total. The van der Waals surface area contributed by atoms with Gasteiger partial charge in [-0.2, -0.15) is 0 Å². The molecule has 0 atom stereocenters. The first kappa shape index (κ1) is 16.9. The Morgan fingerprint density at radius 1 is 1.00 bits per heavy atom. The molecule has 2 aromatic carbocycles. The molecule has 0 heterocycles. The van der Waals surface area contributed by atoms with E-state index >= 15 is 0 Å². The summed E-state index contributed by atoms with van der Waals surface area (Å²) < 4.78 is 0. The Kier molecular flexibility index (Phi) is 6.03. The standard InChI is InChI=1S/C19H25N3O/c1-3-22(4-2)18-12-10-17(11-13-18)21-19(23)14-7-15-5-8-16(20)9-6-15/h5-6,8-13H,3-4,7,14,20H2,1-2H3,(H,21,23). The quantitative estimate of drug-likeness (QED) is 0.767. The monoisotopic (exact) mass is 311 g/mol. The van der Waals surface area contributed by atoms with Crippen LogP contribution in [0.4, 0.5) is 17.1 Å². The number of benzene rings is 2. The van der Waals surface area contributed by atoms with Gasteiger partial charge in [0.25, 0.3) is 0 Å². The molecule has 1 amide bonds. The number of nitrogens with one attached hydrogen (secondary N) is 1. The number of hydrogen-bond donors (Lipinski definition) is 2. The first-order valence-electron chi connectivity index (χ1n) is 8.11. The summed E-state index contributed by atoms with van der Waals surface area (Å²) >= 11 is 0. The number of carbonyl (C=O) groups excluding carboxylic acids is 1. The van der Waals surface area contributed by atoms with Gasteiger partial charge in [0.05, 0.1) is 0 Å². The van der Waals surface area contributed by atoms with Crippen LogP contribution in [0.25, 0.3) is 0 Å². The fourth-order valence-electron chi connectivity index (χ4n) is 2.51. The van der Waals surface area contributed by atoms with E-state index in [0.29, 0.717) is 12.8 Å². The van der Waals surface area contributed by atoms with Gasteiger partial charge < -0.3 is 16.0 Å². The number of amides is 1. The first-order valence-corrected chi connectivity index (χ1v) is 8.11. The fourth-order valence-corrected chi connectivity index (χ4v) is 2.51. The Hall–Kier alpha value is -2.49. The second-order valence-corrected chi connectivity index (χ2v) is 5.51. The molecule has 0 spiro atoms. The van der Waals surface area contributed by atoms with E-state index in [-0.39, 0.29) is 5.91 Å². The number of hydrogen-bond acceptors (Lipinski definition) is 3. The van der Waals surface area contributed by atoms with Gasteiger partial charge in [-0.1, -0.05) is 12.1 Å². The largest absolute Gasteiger partial charge is 0.399 e. The third-order valence-electron chi connectivity index (χ3n) is 3.90. The molecule has 2 aromatic rings. The summed E-state index contributed by atoms with van der Waals surface area (Å²) in [6.45, 7) is 6.22. The Labute approximate surface area is 138 Å². The maximum Gasteiger partial charge on any atom is 0.224 e. The van der Waals surface area contributed by atoms with Gasteiger partial charge in [0.15, 0.2) is 0 Å². The van der Waals surface area contributed by atoms with E-state index in [1.807, 2.05) is 48.5 Å². The predicted octanol–water partition coefficient (Wildman–Crippen LogP) is 3.69. The fraction of sp³-hybridized carbons (Fsp3) is 0.316. The molecule has 2 rings (SSSR count). The molecule has 0 radical (unpaired) electrons. The van der Waals surface area contributed by atoms with Crippen molar-refractivity contribution >= 4 is 23.0 Å². The maximum absolute atomic E-state index is 12.0. The van der Waals surface area contributed by atoms with Crippen LogP contribution in [0.2, 0.25) is 0 Å². The summed E-state index contributed by atoms with van der Waals surface area (Å²) in [5, 5.41) is 2.94. The predicted molar refractivity (Wildman–Crippen MR) is 97.8 cm³/mol. The van der Waals surface area contributed by atoms with Crippen molar-refractivity contribution in [3.05, 3.63) is 54.1 Å². The van der Waals surface area contributed by atoms with Crippen molar-refractivity contribution in [2.45, 2.75) is 26.7 Å². The molecule has 0 aliphatic carbocycles. The third kappa shape index (κ3) is 5.02. The van der Waals surface area contributed by atoms with E-state index in [1.54, 1.807) is 0 Å². The topological polar surface area (TPSA) is 58.4 Å². The Bertz CT molecular complexity index is 616.